The number of aliphatic carboxylic acids is 2. The predicted molar refractivity (Wildman–Crippen MR) is 292 cm³/mol. The highest BCUT2D eigenvalue weighted by atomic mass is 32.1. The molecule has 2 aliphatic rings. The minimum atomic E-state index is -1.51. The van der Waals surface area contributed by atoms with E-state index in [-0.39, 0.29) is 94.3 Å². The molecule has 8 amide bonds. The van der Waals surface area contributed by atoms with E-state index < -0.39 is 120 Å². The number of carbonyl (C=O) groups excluding carboxylic acids is 8. The minimum absolute atomic E-state index is 0.0264. The number of nitrogens with zero attached hydrogens (tertiary/aromatic N) is 2. The van der Waals surface area contributed by atoms with Crippen LogP contribution in [0.5, 0.6) is 11.5 Å². The Morgan fingerprint density at radius 3 is 1.44 bits per heavy atom. The third-order valence-electron chi connectivity index (χ3n) is 13.9. The number of benzene rings is 2. The van der Waals surface area contributed by atoms with Crippen molar-refractivity contribution in [3.05, 3.63) is 59.7 Å². The second-order valence-electron chi connectivity index (χ2n) is 20.3. The van der Waals surface area contributed by atoms with Crippen molar-refractivity contribution in [3.63, 3.8) is 0 Å². The molecule has 79 heavy (non-hydrogen) atoms. The Bertz CT molecular complexity index is 2420. The van der Waals surface area contributed by atoms with E-state index in [0.29, 0.717) is 49.7 Å². The average molecular weight is 1130 g/mol. The molecule has 2 aromatic carbocycles. The monoisotopic (exact) mass is 1130 g/mol. The molecule has 25 nitrogen and oxygen atoms in total. The number of phenols is 2. The Hall–Kier alpha value is -7.03. The highest BCUT2D eigenvalue weighted by Crippen LogP contribution is 2.26. The van der Waals surface area contributed by atoms with Crippen molar-refractivity contribution in [3.8, 4) is 11.5 Å². The Morgan fingerprint density at radius 2 is 1.00 bits per heavy atom. The number of amides is 8. The van der Waals surface area contributed by atoms with Crippen LogP contribution in [0.4, 0.5) is 0 Å². The molecule has 26 heteroatoms. The maximum Gasteiger partial charge on any atom is 0.326 e. The van der Waals surface area contributed by atoms with Gasteiger partial charge in [0.15, 0.2) is 0 Å². The maximum atomic E-state index is 14.5. The van der Waals surface area contributed by atoms with Crippen LogP contribution < -0.4 is 49.1 Å². The summed E-state index contributed by atoms with van der Waals surface area (Å²) in [6, 6.07) is 0.640. The number of likely N-dealkylation sites (tertiary alicyclic amines) is 2. The first-order valence-corrected chi connectivity index (χ1v) is 27.4. The number of carboxylic acid groups (broad SMARTS) is 2. The Balaban J connectivity index is 1.55. The summed E-state index contributed by atoms with van der Waals surface area (Å²) in [7, 11) is 0. The second-order valence-corrected chi connectivity index (χ2v) is 20.6. The summed E-state index contributed by atoms with van der Waals surface area (Å²) in [4.78, 5) is 138. The highest BCUT2D eigenvalue weighted by molar-refractivity contribution is 7.80. The number of nitrogens with one attached hydrogen (secondary N) is 6. The number of unbranched alkanes of at least 4 members (excludes halogenated alkanes) is 2. The van der Waals surface area contributed by atoms with Gasteiger partial charge < -0.3 is 79.3 Å². The number of hydrogen-bond donors (Lipinski definition) is 14. The van der Waals surface area contributed by atoms with Crippen LogP contribution in [-0.2, 0) is 60.8 Å². The molecule has 0 radical (unpaired) electrons. The number of phenolic OH excluding ortho intramolecular Hbond substituents is 2. The molecule has 0 bridgehead atoms. The van der Waals surface area contributed by atoms with Gasteiger partial charge in [0, 0.05) is 38.1 Å². The zero-order chi connectivity index (χ0) is 58.3. The molecule has 0 aliphatic carbocycles. The number of hydrogen-bond acceptors (Lipinski definition) is 16. The summed E-state index contributed by atoms with van der Waals surface area (Å²) >= 11 is 4.37. The Labute approximate surface area is 464 Å². The van der Waals surface area contributed by atoms with Crippen molar-refractivity contribution in [2.45, 2.75) is 158 Å². The average Bonchev–Trinajstić information content (AvgIpc) is 4.17. The van der Waals surface area contributed by atoms with Gasteiger partial charge in [0.2, 0.25) is 47.3 Å². The van der Waals surface area contributed by atoms with E-state index in [1.807, 2.05) is 0 Å². The van der Waals surface area contributed by atoms with Gasteiger partial charge in [-0.1, -0.05) is 38.1 Å². The van der Waals surface area contributed by atoms with Crippen LogP contribution >= 0.6 is 12.6 Å². The third-order valence-corrected chi connectivity index (χ3v) is 14.3. The first-order chi connectivity index (χ1) is 37.6. The summed E-state index contributed by atoms with van der Waals surface area (Å²) in [5.74, 6) is -9.08. The van der Waals surface area contributed by atoms with Gasteiger partial charge in [-0.3, -0.25) is 43.2 Å². The lowest BCUT2D eigenvalue weighted by atomic mass is 10.00. The summed E-state index contributed by atoms with van der Waals surface area (Å²) in [6.45, 7) is 4.23. The van der Waals surface area contributed by atoms with Crippen LogP contribution in [0.15, 0.2) is 48.5 Å². The van der Waals surface area contributed by atoms with Gasteiger partial charge in [0.05, 0.1) is 6.04 Å². The number of aromatic hydroxyl groups is 2. The Morgan fingerprint density at radius 1 is 0.570 bits per heavy atom. The molecule has 0 saturated carbocycles. The molecule has 0 unspecified atom stereocenters. The molecule has 2 fully saturated rings. The number of carboxylic acids is 2. The van der Waals surface area contributed by atoms with Gasteiger partial charge >= 0.3 is 11.9 Å². The fourth-order valence-corrected chi connectivity index (χ4v) is 9.55. The van der Waals surface area contributed by atoms with Crippen LogP contribution in [0.25, 0.3) is 0 Å². The normalized spacial score (nSPS) is 17.8. The SMILES string of the molecule is CC(C)[C@H](N)C(=O)N[C@@H](Cc1ccc(O)cc1)C(=O)N[C@@H](Cc1ccc(O)cc1)C(=O)N[C@@H](CCCCN)C(=O)N[C@@H](CCCCN)C(=O)N[C@@H](CS)C(=O)N1CCC[C@H]1C(=O)N1CCC[C@H]1C(=O)N[C@@H](CCC(=O)O)C(=O)O. The first-order valence-electron chi connectivity index (χ1n) is 26.8. The van der Waals surface area contributed by atoms with Gasteiger partial charge in [-0.05, 0) is 125 Å². The van der Waals surface area contributed by atoms with Crippen LogP contribution in [-0.4, -0.2) is 176 Å². The Kier molecular flexibility index (Phi) is 26.2. The molecule has 2 heterocycles. The van der Waals surface area contributed by atoms with Crippen molar-refractivity contribution >= 4 is 71.8 Å². The molecule has 436 valence electrons. The van der Waals surface area contributed by atoms with E-state index in [2.05, 4.69) is 44.5 Å². The highest BCUT2D eigenvalue weighted by Gasteiger charge is 2.44. The number of carbonyl (C=O) groups is 10. The number of rotatable bonds is 32. The smallest absolute Gasteiger partial charge is 0.326 e. The molecule has 16 N–H and O–H groups in total. The van der Waals surface area contributed by atoms with Gasteiger partial charge in [-0.25, -0.2) is 4.79 Å². The molecule has 9 atom stereocenters. The van der Waals surface area contributed by atoms with Crippen LogP contribution in [0.1, 0.15) is 102 Å². The number of nitrogens with two attached hydrogens (primary N) is 3. The fourth-order valence-electron chi connectivity index (χ4n) is 9.30. The molecule has 2 aliphatic heterocycles. The zero-order valence-corrected chi connectivity index (χ0v) is 45.7. The molecule has 0 spiro atoms. The van der Waals surface area contributed by atoms with Gasteiger partial charge in [0.1, 0.15) is 59.8 Å². The van der Waals surface area contributed by atoms with Gasteiger partial charge in [-0.15, -0.1) is 0 Å². The topological polar surface area (TPSA) is 408 Å². The quantitative estimate of drug-likeness (QED) is 0.0305. The molecule has 2 saturated heterocycles. The van der Waals surface area contributed by atoms with Gasteiger partial charge in [-0.2, -0.15) is 12.6 Å². The summed E-state index contributed by atoms with van der Waals surface area (Å²) in [5, 5.41) is 54.5. The van der Waals surface area contributed by atoms with E-state index >= 15 is 0 Å². The first kappa shape index (κ1) is 64.5. The molecule has 2 aromatic rings. The van der Waals surface area contributed by atoms with Crippen molar-refractivity contribution in [2.24, 2.45) is 23.1 Å². The molecule has 4 rings (SSSR count). The van der Waals surface area contributed by atoms with E-state index in [4.69, 9.17) is 22.3 Å². The lowest BCUT2D eigenvalue weighted by Gasteiger charge is -2.33. The van der Waals surface area contributed by atoms with E-state index in [0.717, 1.165) is 0 Å². The summed E-state index contributed by atoms with van der Waals surface area (Å²) in [6.07, 6.45) is 1.78. The van der Waals surface area contributed by atoms with E-state index in [9.17, 15) is 63.3 Å². The lowest BCUT2D eigenvalue weighted by molar-refractivity contribution is -0.148. The summed E-state index contributed by atoms with van der Waals surface area (Å²) in [5.41, 5.74) is 18.8. The molecular weight excluding hydrogens is 1050 g/mol. The fraction of sp³-hybridized carbons (Fsp3) is 0.585. The molecule has 0 aromatic heterocycles. The van der Waals surface area contributed by atoms with E-state index in [1.54, 1.807) is 38.1 Å². The second kappa shape index (κ2) is 32.1. The largest absolute Gasteiger partial charge is 0.508 e. The van der Waals surface area contributed by atoms with Crippen molar-refractivity contribution in [2.75, 3.05) is 31.9 Å². The minimum Gasteiger partial charge on any atom is -0.508 e. The van der Waals surface area contributed by atoms with Crippen LogP contribution in [0.3, 0.4) is 0 Å². The number of thiol groups is 1. The maximum absolute atomic E-state index is 14.5. The van der Waals surface area contributed by atoms with E-state index in [1.165, 1.54) is 34.1 Å². The third kappa shape index (κ3) is 20.0. The standard InChI is InChI=1S/C53H79N11O14S/c1-30(2)44(56)50(74)61-39(28-32-15-19-34(66)20-16-32)48(72)60-38(27-31-13-17-33(65)18-14-31)47(71)58-35(9-3-5-23-54)45(69)57-36(10-4-6-24-55)46(70)62-40(29-79)51(75)64-26-8-12-42(64)52(76)63-25-7-11-41(63)49(73)59-37(53(77)78)21-22-43(67)68/h13-20,30,35-42,44,65-66,79H,3-12,21-29,54-56H2,1-2H3,(H,57,69)(H,58,71)(H,59,73)(H,60,72)(H,61,74)(H,62,70)(H,67,68)(H,77,78)/t35-,36-,37-,38-,39-,40-,41-,42-,44-/m0/s1. The zero-order valence-electron chi connectivity index (χ0n) is 44.8. The lowest BCUT2D eigenvalue weighted by Crippen LogP contribution is -2.61. The van der Waals surface area contributed by atoms with Gasteiger partial charge in [0.25, 0.3) is 0 Å². The predicted octanol–water partition coefficient (Wildman–Crippen LogP) is -1.11. The molecular formula is C53H79N11O14S. The summed E-state index contributed by atoms with van der Waals surface area (Å²) < 4.78 is 0. The van der Waals surface area contributed by atoms with Crippen molar-refractivity contribution in [1.29, 1.82) is 0 Å². The van der Waals surface area contributed by atoms with Crippen molar-refractivity contribution < 1.29 is 68.4 Å². The van der Waals surface area contributed by atoms with Crippen LogP contribution in [0.2, 0.25) is 0 Å². The van der Waals surface area contributed by atoms with Crippen molar-refractivity contribution in [1.82, 2.24) is 41.7 Å². The van der Waals surface area contributed by atoms with Crippen LogP contribution in [0, 0.1) is 5.92 Å².